The van der Waals surface area contributed by atoms with Crippen LogP contribution in [0.5, 0.6) is 0 Å². The lowest BCUT2D eigenvalue weighted by Gasteiger charge is -1.99. The van der Waals surface area contributed by atoms with E-state index in [0.717, 1.165) is 0 Å². The molecule has 1 amide bonds. The number of benzene rings is 1. The van der Waals surface area contributed by atoms with Crippen LogP contribution in [0, 0.1) is 10.1 Å². The number of alkyl halides is 1. The van der Waals surface area contributed by atoms with Gasteiger partial charge >= 0.3 is 5.69 Å². The summed E-state index contributed by atoms with van der Waals surface area (Å²) >= 11 is 5.46. The largest absolute Gasteiger partial charge is 0.349 e. The van der Waals surface area contributed by atoms with Crippen molar-refractivity contribution in [3.8, 4) is 0 Å². The highest BCUT2D eigenvalue weighted by Crippen LogP contribution is 2.29. The molecule has 0 aliphatic carbocycles. The van der Waals surface area contributed by atoms with Crippen LogP contribution in [0.1, 0.15) is 10.5 Å². The Morgan fingerprint density at radius 3 is 2.83 bits per heavy atom. The maximum absolute atomic E-state index is 11.8. The second-order valence-corrected chi connectivity index (χ2v) is 3.97. The van der Waals surface area contributed by atoms with Gasteiger partial charge in [-0.25, -0.2) is 0 Å². The lowest BCUT2D eigenvalue weighted by atomic mass is 10.2. The molecule has 94 valence electrons. The molecule has 7 heteroatoms. The number of aromatic nitrogens is 1. The van der Waals surface area contributed by atoms with Gasteiger partial charge in [0.25, 0.3) is 5.91 Å². The summed E-state index contributed by atoms with van der Waals surface area (Å²) in [5.41, 5.74) is 0.296. The van der Waals surface area contributed by atoms with Gasteiger partial charge in [-0.3, -0.25) is 14.9 Å². The molecule has 2 rings (SSSR count). The first kappa shape index (κ1) is 12.4. The molecule has 0 fully saturated rings. The number of para-hydroxylation sites is 1. The highest BCUT2D eigenvalue weighted by molar-refractivity contribution is 6.18. The van der Waals surface area contributed by atoms with Crippen molar-refractivity contribution in [3.63, 3.8) is 0 Å². The molecule has 0 aliphatic rings. The monoisotopic (exact) mass is 267 g/mol. The summed E-state index contributed by atoms with van der Waals surface area (Å²) in [6.07, 6.45) is 0. The van der Waals surface area contributed by atoms with Crippen molar-refractivity contribution in [2.75, 3.05) is 12.4 Å². The first-order chi connectivity index (χ1) is 8.65. The number of carbonyl (C=O) groups is 1. The van der Waals surface area contributed by atoms with Gasteiger partial charge in [-0.05, 0) is 12.1 Å². The maximum Gasteiger partial charge on any atom is 0.307 e. The molecule has 1 heterocycles. The van der Waals surface area contributed by atoms with E-state index >= 15 is 0 Å². The number of amides is 1. The molecular formula is C11H10ClN3O3. The number of nitrogens with zero attached hydrogens (tertiary/aromatic N) is 1. The van der Waals surface area contributed by atoms with Gasteiger partial charge < -0.3 is 10.3 Å². The molecule has 0 aliphatic heterocycles. The van der Waals surface area contributed by atoms with Gasteiger partial charge in [0.05, 0.1) is 15.8 Å². The van der Waals surface area contributed by atoms with E-state index in [0.29, 0.717) is 10.9 Å². The van der Waals surface area contributed by atoms with Crippen LogP contribution in [0.3, 0.4) is 0 Å². The minimum atomic E-state index is -0.561. The number of halogens is 1. The molecule has 0 bridgehead atoms. The van der Waals surface area contributed by atoms with Gasteiger partial charge in [-0.2, -0.15) is 0 Å². The fourth-order valence-corrected chi connectivity index (χ4v) is 1.82. The van der Waals surface area contributed by atoms with Gasteiger partial charge in [0, 0.05) is 12.4 Å². The number of nitro groups is 1. The first-order valence-corrected chi connectivity index (χ1v) is 5.78. The summed E-state index contributed by atoms with van der Waals surface area (Å²) in [6.45, 7) is 0.257. The molecular weight excluding hydrogens is 258 g/mol. The van der Waals surface area contributed by atoms with Crippen LogP contribution in [-0.2, 0) is 0 Å². The van der Waals surface area contributed by atoms with Crippen molar-refractivity contribution >= 4 is 34.1 Å². The second kappa shape index (κ2) is 5.05. The maximum atomic E-state index is 11.8. The minimum Gasteiger partial charge on any atom is -0.349 e. The number of H-pyrrole nitrogens is 1. The SMILES string of the molecule is O=C(NCCCl)c1[nH]c2ccccc2c1[N+](=O)[O-]. The third-order valence-electron chi connectivity index (χ3n) is 2.47. The summed E-state index contributed by atoms with van der Waals surface area (Å²) in [5.74, 6) is -0.279. The van der Waals surface area contributed by atoms with E-state index in [4.69, 9.17) is 11.6 Å². The van der Waals surface area contributed by atoms with E-state index in [1.165, 1.54) is 0 Å². The highest BCUT2D eigenvalue weighted by atomic mass is 35.5. The summed E-state index contributed by atoms with van der Waals surface area (Å²) < 4.78 is 0. The number of fused-ring (bicyclic) bond motifs is 1. The van der Waals surface area contributed by atoms with E-state index < -0.39 is 10.8 Å². The van der Waals surface area contributed by atoms with E-state index in [9.17, 15) is 14.9 Å². The van der Waals surface area contributed by atoms with Gasteiger partial charge in [0.2, 0.25) is 0 Å². The lowest BCUT2D eigenvalue weighted by Crippen LogP contribution is -2.26. The zero-order valence-corrected chi connectivity index (χ0v) is 10.0. The molecule has 2 N–H and O–H groups in total. The Balaban J connectivity index is 2.52. The minimum absolute atomic E-state index is 0.0497. The van der Waals surface area contributed by atoms with Crippen molar-refractivity contribution < 1.29 is 9.72 Å². The average molecular weight is 268 g/mol. The summed E-state index contributed by atoms with van der Waals surface area (Å²) in [6, 6.07) is 6.70. The predicted octanol–water partition coefficient (Wildman–Crippen LogP) is 2.04. The van der Waals surface area contributed by atoms with Crippen molar-refractivity contribution in [1.29, 1.82) is 0 Å². The van der Waals surface area contributed by atoms with Crippen molar-refractivity contribution in [1.82, 2.24) is 10.3 Å². The van der Waals surface area contributed by atoms with E-state index in [1.807, 2.05) is 0 Å². The third-order valence-corrected chi connectivity index (χ3v) is 2.66. The number of hydrogen-bond acceptors (Lipinski definition) is 3. The Labute approximate surface area is 107 Å². The molecule has 1 aromatic carbocycles. The molecule has 0 atom stereocenters. The zero-order valence-electron chi connectivity index (χ0n) is 9.27. The Bertz CT molecular complexity index is 609. The summed E-state index contributed by atoms with van der Waals surface area (Å²) in [4.78, 5) is 25.0. The molecule has 0 spiro atoms. The molecule has 18 heavy (non-hydrogen) atoms. The van der Waals surface area contributed by atoms with Crippen LogP contribution in [-0.4, -0.2) is 28.2 Å². The van der Waals surface area contributed by atoms with Crippen LogP contribution in [0.4, 0.5) is 5.69 Å². The third kappa shape index (κ3) is 2.14. The molecule has 0 unspecified atom stereocenters. The second-order valence-electron chi connectivity index (χ2n) is 3.60. The Morgan fingerprint density at radius 1 is 1.44 bits per heavy atom. The van der Waals surface area contributed by atoms with E-state index in [2.05, 4.69) is 10.3 Å². The molecule has 6 nitrogen and oxygen atoms in total. The summed E-state index contributed by atoms with van der Waals surface area (Å²) in [5, 5.41) is 14.0. The van der Waals surface area contributed by atoms with Crippen molar-refractivity contribution in [2.45, 2.75) is 0 Å². The number of hydrogen-bond donors (Lipinski definition) is 2. The number of rotatable bonds is 4. The fraction of sp³-hybridized carbons (Fsp3) is 0.182. The van der Waals surface area contributed by atoms with Crippen molar-refractivity contribution in [3.05, 3.63) is 40.1 Å². The first-order valence-electron chi connectivity index (χ1n) is 5.24. The van der Waals surface area contributed by atoms with Crippen LogP contribution in [0.25, 0.3) is 10.9 Å². The standard InChI is InChI=1S/C11H10ClN3O3/c12-5-6-13-11(16)9-10(15(17)18)7-3-1-2-4-8(7)14-9/h1-4,14H,5-6H2,(H,13,16). The normalized spacial score (nSPS) is 10.5. The zero-order chi connectivity index (χ0) is 13.1. The van der Waals surface area contributed by atoms with Crippen LogP contribution in [0.15, 0.2) is 24.3 Å². The molecule has 0 saturated carbocycles. The number of nitrogens with one attached hydrogen (secondary N) is 2. The van der Waals surface area contributed by atoms with Gasteiger partial charge in [0.1, 0.15) is 0 Å². The molecule has 2 aromatic rings. The summed E-state index contributed by atoms with van der Waals surface area (Å²) in [7, 11) is 0. The van der Waals surface area contributed by atoms with Crippen LogP contribution >= 0.6 is 11.6 Å². The average Bonchev–Trinajstić information content (AvgIpc) is 2.75. The highest BCUT2D eigenvalue weighted by Gasteiger charge is 2.26. The fourth-order valence-electron chi connectivity index (χ4n) is 1.73. The quantitative estimate of drug-likeness (QED) is 0.505. The smallest absolute Gasteiger partial charge is 0.307 e. The lowest BCUT2D eigenvalue weighted by molar-refractivity contribution is -0.383. The van der Waals surface area contributed by atoms with Crippen LogP contribution in [0.2, 0.25) is 0 Å². The van der Waals surface area contributed by atoms with Crippen LogP contribution < -0.4 is 5.32 Å². The van der Waals surface area contributed by atoms with Crippen molar-refractivity contribution in [2.24, 2.45) is 0 Å². The Kier molecular flexibility index (Phi) is 3.47. The van der Waals surface area contributed by atoms with Gasteiger partial charge in [-0.15, -0.1) is 11.6 Å². The molecule has 1 aromatic heterocycles. The Hall–Kier alpha value is -2.08. The molecule has 0 radical (unpaired) electrons. The number of carbonyl (C=O) groups excluding carboxylic acids is 1. The van der Waals surface area contributed by atoms with Gasteiger partial charge in [0.15, 0.2) is 5.69 Å². The van der Waals surface area contributed by atoms with Gasteiger partial charge in [-0.1, -0.05) is 12.1 Å². The molecule has 0 saturated heterocycles. The topological polar surface area (TPSA) is 88.0 Å². The van der Waals surface area contributed by atoms with E-state index in [1.54, 1.807) is 24.3 Å². The van der Waals surface area contributed by atoms with E-state index in [-0.39, 0.29) is 23.8 Å². The predicted molar refractivity (Wildman–Crippen MR) is 68.0 cm³/mol. The Morgan fingerprint density at radius 2 is 2.17 bits per heavy atom. The number of aromatic amines is 1.